The Balaban J connectivity index is 2.02. The van der Waals surface area contributed by atoms with Gasteiger partial charge in [-0.2, -0.15) is 0 Å². The van der Waals surface area contributed by atoms with Gasteiger partial charge in [-0.1, -0.05) is 91.0 Å². The van der Waals surface area contributed by atoms with E-state index in [2.05, 4.69) is 0 Å². The molecule has 0 aliphatic rings. The monoisotopic (exact) mass is 378 g/mol. The van der Waals surface area contributed by atoms with Gasteiger partial charge in [0.15, 0.2) is 5.78 Å². The van der Waals surface area contributed by atoms with E-state index < -0.39 is 5.97 Å². The molecule has 1 N–H and O–H groups in total. The summed E-state index contributed by atoms with van der Waals surface area (Å²) in [5.74, 6) is -1.43. The summed E-state index contributed by atoms with van der Waals surface area (Å²) in [6, 6.07) is 31.2. The first kappa shape index (κ1) is 18.4. The van der Waals surface area contributed by atoms with Crippen LogP contribution >= 0.6 is 0 Å². The van der Waals surface area contributed by atoms with E-state index in [0.29, 0.717) is 11.1 Å². The van der Waals surface area contributed by atoms with E-state index in [9.17, 15) is 14.7 Å². The number of benzene rings is 4. The molecular weight excluding hydrogens is 360 g/mol. The minimum absolute atomic E-state index is 0.000871. The van der Waals surface area contributed by atoms with E-state index >= 15 is 0 Å². The molecule has 0 saturated carbocycles. The van der Waals surface area contributed by atoms with Crippen LogP contribution in [0.3, 0.4) is 0 Å². The van der Waals surface area contributed by atoms with E-state index in [-0.39, 0.29) is 16.9 Å². The molecule has 4 aromatic rings. The lowest BCUT2D eigenvalue weighted by molar-refractivity contribution is 0.0693. The fraction of sp³-hybridized carbons (Fsp3) is 0. The topological polar surface area (TPSA) is 54.4 Å². The quantitative estimate of drug-likeness (QED) is 0.437. The highest BCUT2D eigenvalue weighted by Crippen LogP contribution is 2.34. The largest absolute Gasteiger partial charge is 0.478 e. The third-order valence-electron chi connectivity index (χ3n) is 4.82. The van der Waals surface area contributed by atoms with Crippen LogP contribution in [0, 0.1) is 0 Å². The van der Waals surface area contributed by atoms with Gasteiger partial charge in [0.05, 0.1) is 5.56 Å². The molecule has 4 aromatic carbocycles. The summed E-state index contributed by atoms with van der Waals surface area (Å²) >= 11 is 0. The highest BCUT2D eigenvalue weighted by atomic mass is 16.4. The van der Waals surface area contributed by atoms with E-state index in [1.165, 1.54) is 0 Å². The summed E-state index contributed by atoms with van der Waals surface area (Å²) in [6.07, 6.45) is 0. The van der Waals surface area contributed by atoms with Gasteiger partial charge in [0.1, 0.15) is 0 Å². The Morgan fingerprint density at radius 3 is 1.66 bits per heavy atom. The number of carbonyl (C=O) groups excluding carboxylic acids is 1. The second kappa shape index (κ2) is 7.95. The zero-order valence-corrected chi connectivity index (χ0v) is 15.6. The molecule has 0 fully saturated rings. The first-order valence-electron chi connectivity index (χ1n) is 9.27. The number of carboxylic acids is 1. The summed E-state index contributed by atoms with van der Waals surface area (Å²) in [5.41, 5.74) is 3.72. The molecule has 4 rings (SSSR count). The molecule has 0 heterocycles. The van der Waals surface area contributed by atoms with Gasteiger partial charge in [-0.3, -0.25) is 4.79 Å². The normalized spacial score (nSPS) is 10.5. The van der Waals surface area contributed by atoms with E-state index in [0.717, 1.165) is 16.7 Å². The molecule has 29 heavy (non-hydrogen) atoms. The average molecular weight is 378 g/mol. The van der Waals surface area contributed by atoms with Crippen molar-refractivity contribution in [3.63, 3.8) is 0 Å². The van der Waals surface area contributed by atoms with Crippen LogP contribution in [-0.2, 0) is 0 Å². The lowest BCUT2D eigenvalue weighted by Crippen LogP contribution is -2.12. The first-order valence-corrected chi connectivity index (χ1v) is 9.27. The maximum Gasteiger partial charge on any atom is 0.336 e. The van der Waals surface area contributed by atoms with Crippen molar-refractivity contribution in [2.75, 3.05) is 0 Å². The summed E-state index contributed by atoms with van der Waals surface area (Å²) in [4.78, 5) is 25.5. The van der Waals surface area contributed by atoms with E-state index in [1.54, 1.807) is 30.3 Å². The number of aromatic carboxylic acids is 1. The summed E-state index contributed by atoms with van der Waals surface area (Å²) in [7, 11) is 0. The highest BCUT2D eigenvalue weighted by Gasteiger charge is 2.24. The minimum Gasteiger partial charge on any atom is -0.478 e. The number of rotatable bonds is 5. The van der Waals surface area contributed by atoms with Gasteiger partial charge in [-0.05, 0) is 34.4 Å². The van der Waals surface area contributed by atoms with Gasteiger partial charge in [0.2, 0.25) is 0 Å². The Kier molecular flexibility index (Phi) is 5.04. The third kappa shape index (κ3) is 3.71. The van der Waals surface area contributed by atoms with Crippen LogP contribution in [0.15, 0.2) is 103 Å². The predicted octanol–water partition coefficient (Wildman–Crippen LogP) is 5.95. The van der Waals surface area contributed by atoms with Crippen LogP contribution in [0.4, 0.5) is 0 Å². The van der Waals surface area contributed by atoms with Crippen molar-refractivity contribution in [1.82, 2.24) is 0 Å². The number of hydrogen-bond acceptors (Lipinski definition) is 2. The molecule has 0 spiro atoms. The highest BCUT2D eigenvalue weighted by molar-refractivity contribution is 6.18. The molecule has 0 atom stereocenters. The van der Waals surface area contributed by atoms with Crippen LogP contribution in [0.5, 0.6) is 0 Å². The summed E-state index contributed by atoms with van der Waals surface area (Å²) in [6.45, 7) is 0. The second-order valence-electron chi connectivity index (χ2n) is 6.68. The molecule has 140 valence electrons. The number of hydrogen-bond donors (Lipinski definition) is 1. The lowest BCUT2D eigenvalue weighted by Gasteiger charge is -2.15. The molecule has 0 amide bonds. The standard InChI is InChI=1S/C26H18O3/c27-25(20-14-8-3-9-15-20)24-22(19-12-6-2-7-13-19)16-21(17-23(24)26(28)29)18-10-4-1-5-11-18/h1-17H,(H,28,29). The maximum atomic E-state index is 13.4. The van der Waals surface area contributed by atoms with Crippen molar-refractivity contribution < 1.29 is 14.7 Å². The van der Waals surface area contributed by atoms with Crippen molar-refractivity contribution in [2.24, 2.45) is 0 Å². The smallest absolute Gasteiger partial charge is 0.336 e. The fourth-order valence-corrected chi connectivity index (χ4v) is 3.43. The minimum atomic E-state index is -1.13. The van der Waals surface area contributed by atoms with Crippen molar-refractivity contribution in [2.45, 2.75) is 0 Å². The molecule has 0 aromatic heterocycles. The van der Waals surface area contributed by atoms with Gasteiger partial charge < -0.3 is 5.11 Å². The van der Waals surface area contributed by atoms with E-state index in [1.807, 2.05) is 72.8 Å². The molecule has 0 saturated heterocycles. The van der Waals surface area contributed by atoms with Crippen LogP contribution < -0.4 is 0 Å². The number of carboxylic acid groups (broad SMARTS) is 1. The molecular formula is C26H18O3. The zero-order valence-electron chi connectivity index (χ0n) is 15.6. The third-order valence-corrected chi connectivity index (χ3v) is 4.82. The lowest BCUT2D eigenvalue weighted by atomic mass is 9.87. The van der Waals surface area contributed by atoms with Gasteiger partial charge in [-0.25, -0.2) is 4.79 Å². The number of ketones is 1. The molecule has 0 unspecified atom stereocenters. The molecule has 3 heteroatoms. The van der Waals surface area contributed by atoms with Gasteiger partial charge in [-0.15, -0.1) is 0 Å². The van der Waals surface area contributed by atoms with Gasteiger partial charge >= 0.3 is 5.97 Å². The number of carbonyl (C=O) groups is 2. The van der Waals surface area contributed by atoms with Crippen molar-refractivity contribution in [1.29, 1.82) is 0 Å². The first-order chi connectivity index (χ1) is 14.1. The van der Waals surface area contributed by atoms with Crippen molar-refractivity contribution in [3.8, 4) is 22.3 Å². The van der Waals surface area contributed by atoms with Crippen molar-refractivity contribution in [3.05, 3.63) is 120 Å². The SMILES string of the molecule is O=C(O)c1cc(-c2ccccc2)cc(-c2ccccc2)c1C(=O)c1ccccc1. The average Bonchev–Trinajstić information content (AvgIpc) is 2.79. The van der Waals surface area contributed by atoms with Gasteiger partial charge in [0, 0.05) is 11.1 Å². The van der Waals surface area contributed by atoms with Crippen molar-refractivity contribution >= 4 is 11.8 Å². The van der Waals surface area contributed by atoms with Crippen LogP contribution in [0.25, 0.3) is 22.3 Å². The Morgan fingerprint density at radius 1 is 0.586 bits per heavy atom. The summed E-state index contributed by atoms with van der Waals surface area (Å²) in [5, 5.41) is 9.95. The van der Waals surface area contributed by atoms with Gasteiger partial charge in [0.25, 0.3) is 0 Å². The Morgan fingerprint density at radius 2 is 1.10 bits per heavy atom. The van der Waals surface area contributed by atoms with Crippen LogP contribution in [-0.4, -0.2) is 16.9 Å². The van der Waals surface area contributed by atoms with E-state index in [4.69, 9.17) is 0 Å². The molecule has 0 bridgehead atoms. The molecule has 3 nitrogen and oxygen atoms in total. The Labute approximate surface area is 168 Å². The van der Waals surface area contributed by atoms with Crippen LogP contribution in [0.1, 0.15) is 26.3 Å². The molecule has 0 aliphatic carbocycles. The molecule has 0 radical (unpaired) electrons. The van der Waals surface area contributed by atoms with Crippen LogP contribution in [0.2, 0.25) is 0 Å². The summed E-state index contributed by atoms with van der Waals surface area (Å²) < 4.78 is 0. The fourth-order valence-electron chi connectivity index (χ4n) is 3.43. The Hall–Kier alpha value is -3.98. The predicted molar refractivity (Wildman–Crippen MR) is 114 cm³/mol. The Bertz CT molecular complexity index is 1160. The molecule has 0 aliphatic heterocycles. The second-order valence-corrected chi connectivity index (χ2v) is 6.68. The zero-order chi connectivity index (χ0) is 20.2. The maximum absolute atomic E-state index is 13.4.